The summed E-state index contributed by atoms with van der Waals surface area (Å²) >= 11 is 0. The van der Waals surface area contributed by atoms with Crippen LogP contribution in [0.25, 0.3) is 0 Å². The van der Waals surface area contributed by atoms with Gasteiger partial charge in [0.15, 0.2) is 0 Å². The van der Waals surface area contributed by atoms with E-state index in [0.717, 1.165) is 25.7 Å². The topological polar surface area (TPSA) is 75.2 Å². The molecular formula is C13H20N2O3. The monoisotopic (exact) mass is 252 g/mol. The van der Waals surface area contributed by atoms with Crippen LogP contribution in [0, 0.1) is 5.92 Å². The Morgan fingerprint density at radius 2 is 2.22 bits per heavy atom. The van der Waals surface area contributed by atoms with E-state index in [4.69, 9.17) is 9.84 Å². The second-order valence-electron chi connectivity index (χ2n) is 5.13. The largest absolute Gasteiger partial charge is 0.391 e. The number of hydrogen-bond donors (Lipinski definition) is 2. The summed E-state index contributed by atoms with van der Waals surface area (Å²) in [5.41, 5.74) is -0.466. The van der Waals surface area contributed by atoms with E-state index in [-0.39, 0.29) is 17.7 Å². The third kappa shape index (κ3) is 2.33. The Labute approximate surface area is 106 Å². The molecule has 1 aliphatic carbocycles. The van der Waals surface area contributed by atoms with Crippen molar-refractivity contribution in [2.75, 3.05) is 7.11 Å². The van der Waals surface area contributed by atoms with Gasteiger partial charge >= 0.3 is 0 Å². The number of H-pyrrole nitrogens is 1. The Bertz CT molecular complexity index is 462. The third-order valence-electron chi connectivity index (χ3n) is 3.95. The molecule has 0 atom stereocenters. The zero-order chi connectivity index (χ0) is 13.2. The molecule has 5 heteroatoms. The van der Waals surface area contributed by atoms with Crippen molar-refractivity contribution < 1.29 is 9.84 Å². The number of hydrogen-bond acceptors (Lipinski definition) is 4. The van der Waals surface area contributed by atoms with Crippen molar-refractivity contribution in [2.24, 2.45) is 5.92 Å². The van der Waals surface area contributed by atoms with Crippen molar-refractivity contribution in [3.63, 3.8) is 0 Å². The summed E-state index contributed by atoms with van der Waals surface area (Å²) in [7, 11) is 1.66. The number of aliphatic hydroxyl groups excluding tert-OH is 1. The molecule has 0 aliphatic heterocycles. The van der Waals surface area contributed by atoms with Gasteiger partial charge in [0, 0.05) is 13.3 Å². The lowest BCUT2D eigenvalue weighted by atomic mass is 9.79. The number of rotatable bonds is 3. The van der Waals surface area contributed by atoms with Gasteiger partial charge in [-0.05, 0) is 31.6 Å². The molecule has 0 amide bonds. The van der Waals surface area contributed by atoms with Crippen LogP contribution in [0.3, 0.4) is 0 Å². The molecule has 0 aromatic carbocycles. The zero-order valence-electron chi connectivity index (χ0n) is 10.9. The average molecular weight is 252 g/mol. The van der Waals surface area contributed by atoms with Crippen LogP contribution in [0.4, 0.5) is 0 Å². The molecule has 0 radical (unpaired) electrons. The van der Waals surface area contributed by atoms with Crippen LogP contribution in [-0.2, 0) is 16.9 Å². The van der Waals surface area contributed by atoms with E-state index < -0.39 is 5.60 Å². The molecule has 1 aromatic heterocycles. The second kappa shape index (κ2) is 5.20. The van der Waals surface area contributed by atoms with Crippen LogP contribution in [-0.4, -0.2) is 22.2 Å². The van der Waals surface area contributed by atoms with Gasteiger partial charge in [0.05, 0.1) is 12.2 Å². The second-order valence-corrected chi connectivity index (χ2v) is 5.13. The molecule has 1 aromatic rings. The van der Waals surface area contributed by atoms with E-state index in [1.807, 2.05) is 0 Å². The average Bonchev–Trinajstić information content (AvgIpc) is 2.40. The quantitative estimate of drug-likeness (QED) is 0.850. The summed E-state index contributed by atoms with van der Waals surface area (Å²) in [6.45, 7) is 1.93. The maximum Gasteiger partial charge on any atom is 0.256 e. The van der Waals surface area contributed by atoms with Crippen LogP contribution in [0.1, 0.15) is 44.0 Å². The predicted molar refractivity (Wildman–Crippen MR) is 67.1 cm³/mol. The Hall–Kier alpha value is -1.20. The molecule has 0 spiro atoms. The fraction of sp³-hybridized carbons (Fsp3) is 0.692. The highest BCUT2D eigenvalue weighted by Crippen LogP contribution is 2.40. The van der Waals surface area contributed by atoms with Gasteiger partial charge in [-0.25, -0.2) is 4.98 Å². The van der Waals surface area contributed by atoms with E-state index in [0.29, 0.717) is 11.7 Å². The molecule has 1 saturated carbocycles. The highest BCUT2D eigenvalue weighted by Gasteiger charge is 2.38. The minimum atomic E-state index is -0.473. The molecule has 100 valence electrons. The molecule has 2 N–H and O–H groups in total. The van der Waals surface area contributed by atoms with E-state index in [9.17, 15) is 4.79 Å². The zero-order valence-corrected chi connectivity index (χ0v) is 10.9. The Balaban J connectivity index is 2.33. The maximum atomic E-state index is 11.7. The molecule has 1 fully saturated rings. The number of aliphatic hydroxyl groups is 1. The Kier molecular flexibility index (Phi) is 3.82. The summed E-state index contributed by atoms with van der Waals surface area (Å²) < 4.78 is 5.65. The Morgan fingerprint density at radius 3 is 2.72 bits per heavy atom. The first-order valence-corrected chi connectivity index (χ1v) is 6.36. The Morgan fingerprint density at radius 1 is 1.56 bits per heavy atom. The van der Waals surface area contributed by atoms with Crippen molar-refractivity contribution in [2.45, 2.75) is 44.8 Å². The predicted octanol–water partition coefficient (Wildman–Crippen LogP) is 1.31. The molecule has 1 aliphatic rings. The standard InChI is InChI=1S/C13H20N2O3/c1-9-3-5-13(18-2,6-4-9)12-14-7-10(8-16)11(17)15-12/h7,9,16H,3-6,8H2,1-2H3,(H,14,15,17). The van der Waals surface area contributed by atoms with E-state index in [1.54, 1.807) is 7.11 Å². The number of methoxy groups -OCH3 is 1. The molecule has 1 heterocycles. The summed E-state index contributed by atoms with van der Waals surface area (Å²) in [6, 6.07) is 0. The number of aromatic nitrogens is 2. The molecule has 18 heavy (non-hydrogen) atoms. The van der Waals surface area contributed by atoms with Crippen molar-refractivity contribution in [3.8, 4) is 0 Å². The number of nitrogens with zero attached hydrogens (tertiary/aromatic N) is 1. The fourth-order valence-corrected chi connectivity index (χ4v) is 2.53. The summed E-state index contributed by atoms with van der Waals surface area (Å²) in [4.78, 5) is 18.7. The lowest BCUT2D eigenvalue weighted by molar-refractivity contribution is -0.0599. The van der Waals surface area contributed by atoms with E-state index in [1.165, 1.54) is 6.20 Å². The normalized spacial score (nSPS) is 28.3. The van der Waals surface area contributed by atoms with Crippen LogP contribution < -0.4 is 5.56 Å². The van der Waals surface area contributed by atoms with Crippen LogP contribution >= 0.6 is 0 Å². The summed E-state index contributed by atoms with van der Waals surface area (Å²) in [5, 5.41) is 8.98. The van der Waals surface area contributed by atoms with Gasteiger partial charge in [-0.3, -0.25) is 4.79 Å². The minimum absolute atomic E-state index is 0.280. The number of nitrogens with one attached hydrogen (secondary N) is 1. The smallest absolute Gasteiger partial charge is 0.256 e. The molecule has 5 nitrogen and oxygen atoms in total. The van der Waals surface area contributed by atoms with Gasteiger partial charge in [0.1, 0.15) is 11.4 Å². The van der Waals surface area contributed by atoms with Crippen LogP contribution in [0.5, 0.6) is 0 Å². The highest BCUT2D eigenvalue weighted by molar-refractivity contribution is 5.10. The maximum absolute atomic E-state index is 11.7. The molecule has 0 bridgehead atoms. The highest BCUT2D eigenvalue weighted by atomic mass is 16.5. The minimum Gasteiger partial charge on any atom is -0.391 e. The number of aromatic amines is 1. The number of ether oxygens (including phenoxy) is 1. The van der Waals surface area contributed by atoms with Crippen molar-refractivity contribution in [3.05, 3.63) is 27.9 Å². The lowest BCUT2D eigenvalue weighted by Crippen LogP contribution is -2.37. The van der Waals surface area contributed by atoms with Gasteiger partial charge in [0.2, 0.25) is 0 Å². The first-order valence-electron chi connectivity index (χ1n) is 6.36. The molecule has 2 rings (SSSR count). The summed E-state index contributed by atoms with van der Waals surface area (Å²) in [5.74, 6) is 1.27. The third-order valence-corrected chi connectivity index (χ3v) is 3.95. The van der Waals surface area contributed by atoms with Gasteiger partial charge in [-0.2, -0.15) is 0 Å². The SMILES string of the molecule is COC1(c2ncc(CO)c(=O)[nH]2)CCC(C)CC1. The first kappa shape index (κ1) is 13.2. The van der Waals surface area contributed by atoms with Crippen LogP contribution in [0.15, 0.2) is 11.0 Å². The summed E-state index contributed by atoms with van der Waals surface area (Å²) in [6.07, 6.45) is 5.31. The van der Waals surface area contributed by atoms with Gasteiger partial charge in [-0.15, -0.1) is 0 Å². The molecule has 0 saturated heterocycles. The first-order chi connectivity index (χ1) is 8.61. The van der Waals surface area contributed by atoms with Crippen molar-refractivity contribution in [1.29, 1.82) is 0 Å². The van der Waals surface area contributed by atoms with Crippen LogP contribution in [0.2, 0.25) is 0 Å². The molecular weight excluding hydrogens is 232 g/mol. The fourth-order valence-electron chi connectivity index (χ4n) is 2.53. The van der Waals surface area contributed by atoms with Crippen molar-refractivity contribution >= 4 is 0 Å². The van der Waals surface area contributed by atoms with Crippen molar-refractivity contribution in [1.82, 2.24) is 9.97 Å². The lowest BCUT2D eigenvalue weighted by Gasteiger charge is -2.37. The van der Waals surface area contributed by atoms with E-state index >= 15 is 0 Å². The van der Waals surface area contributed by atoms with Gasteiger partial charge in [0.25, 0.3) is 5.56 Å². The van der Waals surface area contributed by atoms with Gasteiger partial charge in [-0.1, -0.05) is 6.92 Å². The van der Waals surface area contributed by atoms with E-state index in [2.05, 4.69) is 16.9 Å². The van der Waals surface area contributed by atoms with Gasteiger partial charge < -0.3 is 14.8 Å². The molecule has 0 unspecified atom stereocenters.